The van der Waals surface area contributed by atoms with Crippen LogP contribution in [0.25, 0.3) is 0 Å². The van der Waals surface area contributed by atoms with Crippen molar-refractivity contribution in [2.75, 3.05) is 39.9 Å². The summed E-state index contributed by atoms with van der Waals surface area (Å²) in [4.78, 5) is 2.57. The number of hydrogen-bond donors (Lipinski definition) is 1. The van der Waals surface area contributed by atoms with Crippen LogP contribution in [-0.4, -0.2) is 50.8 Å². The number of methoxy groups -OCH3 is 1. The van der Waals surface area contributed by atoms with Crippen LogP contribution in [0.15, 0.2) is 0 Å². The lowest BCUT2D eigenvalue weighted by Crippen LogP contribution is -2.41. The minimum Gasteiger partial charge on any atom is -0.383 e. The number of nitrogens with one attached hydrogen (secondary N) is 1. The Labute approximate surface area is 121 Å². The van der Waals surface area contributed by atoms with Crippen molar-refractivity contribution >= 4 is 0 Å². The molecule has 0 saturated heterocycles. The summed E-state index contributed by atoms with van der Waals surface area (Å²) in [5.74, 6) is 0. The summed E-state index contributed by atoms with van der Waals surface area (Å²) in [6, 6.07) is 0.706. The normalized spacial score (nSPS) is 11.7. The van der Waals surface area contributed by atoms with Crippen molar-refractivity contribution in [3.05, 3.63) is 0 Å². The maximum atomic E-state index is 5.22. The van der Waals surface area contributed by atoms with E-state index >= 15 is 0 Å². The van der Waals surface area contributed by atoms with Gasteiger partial charge >= 0.3 is 0 Å². The average Bonchev–Trinajstić information content (AvgIpc) is 2.44. The zero-order valence-electron chi connectivity index (χ0n) is 13.7. The van der Waals surface area contributed by atoms with Crippen LogP contribution in [0.4, 0.5) is 0 Å². The van der Waals surface area contributed by atoms with Crippen LogP contribution < -0.4 is 5.32 Å². The summed E-state index contributed by atoms with van der Waals surface area (Å²) >= 11 is 0. The summed E-state index contributed by atoms with van der Waals surface area (Å²) in [5.41, 5.74) is 0. The Balaban J connectivity index is 3.72. The molecule has 1 N–H and O–H groups in total. The van der Waals surface area contributed by atoms with E-state index in [1.807, 2.05) is 0 Å². The van der Waals surface area contributed by atoms with E-state index in [0.29, 0.717) is 6.04 Å². The Morgan fingerprint density at radius 3 is 2.26 bits per heavy atom. The van der Waals surface area contributed by atoms with Gasteiger partial charge in [0.05, 0.1) is 6.61 Å². The fourth-order valence-corrected chi connectivity index (χ4v) is 2.52. The predicted octanol–water partition coefficient (Wildman–Crippen LogP) is 3.29. The van der Waals surface area contributed by atoms with Crippen molar-refractivity contribution in [1.29, 1.82) is 0 Å². The summed E-state index contributed by atoms with van der Waals surface area (Å²) in [6.07, 6.45) is 7.84. The summed E-state index contributed by atoms with van der Waals surface area (Å²) in [7, 11) is 1.79. The Hall–Kier alpha value is -0.120. The van der Waals surface area contributed by atoms with Crippen LogP contribution in [0, 0.1) is 0 Å². The highest BCUT2D eigenvalue weighted by Crippen LogP contribution is 2.07. The van der Waals surface area contributed by atoms with Gasteiger partial charge in [-0.15, -0.1) is 0 Å². The van der Waals surface area contributed by atoms with E-state index in [4.69, 9.17) is 4.74 Å². The average molecular weight is 272 g/mol. The molecule has 0 aromatic rings. The van der Waals surface area contributed by atoms with Crippen LogP contribution in [0.2, 0.25) is 0 Å². The van der Waals surface area contributed by atoms with Gasteiger partial charge in [-0.2, -0.15) is 0 Å². The lowest BCUT2D eigenvalue weighted by Gasteiger charge is -2.30. The minimum absolute atomic E-state index is 0.706. The largest absolute Gasteiger partial charge is 0.383 e. The fourth-order valence-electron chi connectivity index (χ4n) is 2.52. The SMILES string of the molecule is CCCCCCNCCN(CCOC)C(CC)CC. The number of hydrogen-bond acceptors (Lipinski definition) is 3. The minimum atomic E-state index is 0.706. The van der Waals surface area contributed by atoms with Crippen LogP contribution in [0.1, 0.15) is 59.3 Å². The first-order valence-corrected chi connectivity index (χ1v) is 8.23. The molecule has 0 aliphatic heterocycles. The Morgan fingerprint density at radius 2 is 1.68 bits per heavy atom. The van der Waals surface area contributed by atoms with Gasteiger partial charge in [0, 0.05) is 32.8 Å². The third-order valence-electron chi connectivity index (χ3n) is 3.82. The number of ether oxygens (including phenoxy) is 1. The quantitative estimate of drug-likeness (QED) is 0.491. The Bertz CT molecular complexity index is 172. The molecule has 0 atom stereocenters. The monoisotopic (exact) mass is 272 g/mol. The second kappa shape index (κ2) is 14.3. The van der Waals surface area contributed by atoms with Crippen LogP contribution in [0.5, 0.6) is 0 Å². The van der Waals surface area contributed by atoms with Gasteiger partial charge < -0.3 is 10.1 Å². The van der Waals surface area contributed by atoms with Gasteiger partial charge in [0.15, 0.2) is 0 Å². The van der Waals surface area contributed by atoms with Gasteiger partial charge in [-0.1, -0.05) is 40.0 Å². The maximum absolute atomic E-state index is 5.22. The lowest BCUT2D eigenvalue weighted by molar-refractivity contribution is 0.116. The summed E-state index contributed by atoms with van der Waals surface area (Å²) in [6.45, 7) is 12.1. The zero-order chi connectivity index (χ0) is 14.3. The van der Waals surface area contributed by atoms with E-state index < -0.39 is 0 Å². The van der Waals surface area contributed by atoms with E-state index in [1.54, 1.807) is 7.11 Å². The topological polar surface area (TPSA) is 24.5 Å². The van der Waals surface area contributed by atoms with E-state index in [2.05, 4.69) is 31.0 Å². The molecule has 0 rings (SSSR count). The molecular weight excluding hydrogens is 236 g/mol. The highest BCUT2D eigenvalue weighted by molar-refractivity contribution is 4.70. The lowest BCUT2D eigenvalue weighted by atomic mass is 10.1. The third kappa shape index (κ3) is 10.3. The van der Waals surface area contributed by atoms with E-state index in [0.717, 1.165) is 26.2 Å². The van der Waals surface area contributed by atoms with Gasteiger partial charge in [-0.25, -0.2) is 0 Å². The standard InChI is InChI=1S/C16H36N2O/c1-5-8-9-10-11-17-12-13-18(14-15-19-4)16(6-2)7-3/h16-17H,5-15H2,1-4H3. The number of unbranched alkanes of at least 4 members (excludes halogenated alkanes) is 3. The van der Waals surface area contributed by atoms with Crippen molar-refractivity contribution in [3.8, 4) is 0 Å². The van der Waals surface area contributed by atoms with Crippen molar-refractivity contribution in [2.24, 2.45) is 0 Å². The fraction of sp³-hybridized carbons (Fsp3) is 1.00. The zero-order valence-corrected chi connectivity index (χ0v) is 13.7. The van der Waals surface area contributed by atoms with Gasteiger partial charge in [-0.05, 0) is 25.8 Å². The van der Waals surface area contributed by atoms with E-state index in [-0.39, 0.29) is 0 Å². The molecule has 0 bridgehead atoms. The van der Waals surface area contributed by atoms with Crippen molar-refractivity contribution in [2.45, 2.75) is 65.3 Å². The molecule has 0 heterocycles. The van der Waals surface area contributed by atoms with Crippen molar-refractivity contribution in [3.63, 3.8) is 0 Å². The smallest absolute Gasteiger partial charge is 0.0589 e. The molecular formula is C16H36N2O. The molecule has 0 aliphatic carbocycles. The second-order valence-electron chi connectivity index (χ2n) is 5.31. The van der Waals surface area contributed by atoms with Gasteiger partial charge in [0.2, 0.25) is 0 Å². The molecule has 0 spiro atoms. The first kappa shape index (κ1) is 18.9. The first-order chi connectivity index (χ1) is 9.29. The molecule has 0 radical (unpaired) electrons. The molecule has 0 aromatic carbocycles. The predicted molar refractivity (Wildman–Crippen MR) is 84.8 cm³/mol. The van der Waals surface area contributed by atoms with Gasteiger partial charge in [0.25, 0.3) is 0 Å². The molecule has 0 saturated carbocycles. The second-order valence-corrected chi connectivity index (χ2v) is 5.31. The molecule has 0 amide bonds. The van der Waals surface area contributed by atoms with E-state index in [9.17, 15) is 0 Å². The van der Waals surface area contributed by atoms with Crippen LogP contribution in [-0.2, 0) is 4.74 Å². The molecule has 0 unspecified atom stereocenters. The Morgan fingerprint density at radius 1 is 0.947 bits per heavy atom. The number of nitrogens with zero attached hydrogens (tertiary/aromatic N) is 1. The van der Waals surface area contributed by atoms with E-state index in [1.165, 1.54) is 45.1 Å². The molecule has 116 valence electrons. The molecule has 3 heteroatoms. The molecule has 19 heavy (non-hydrogen) atoms. The Kier molecular flexibility index (Phi) is 14.2. The highest BCUT2D eigenvalue weighted by Gasteiger charge is 2.13. The molecule has 3 nitrogen and oxygen atoms in total. The summed E-state index contributed by atoms with van der Waals surface area (Å²) < 4.78 is 5.22. The van der Waals surface area contributed by atoms with Crippen molar-refractivity contribution < 1.29 is 4.74 Å². The third-order valence-corrected chi connectivity index (χ3v) is 3.82. The summed E-state index contributed by atoms with van der Waals surface area (Å²) in [5, 5.41) is 3.57. The highest BCUT2D eigenvalue weighted by atomic mass is 16.5. The van der Waals surface area contributed by atoms with Gasteiger partial charge in [-0.3, -0.25) is 4.90 Å². The molecule has 0 aromatic heterocycles. The first-order valence-electron chi connectivity index (χ1n) is 8.23. The van der Waals surface area contributed by atoms with Gasteiger partial charge in [0.1, 0.15) is 0 Å². The molecule has 0 aliphatic rings. The molecule has 0 fully saturated rings. The maximum Gasteiger partial charge on any atom is 0.0589 e. The van der Waals surface area contributed by atoms with Crippen molar-refractivity contribution in [1.82, 2.24) is 10.2 Å². The number of rotatable bonds is 14. The van der Waals surface area contributed by atoms with Crippen LogP contribution in [0.3, 0.4) is 0 Å². The van der Waals surface area contributed by atoms with Crippen LogP contribution >= 0.6 is 0 Å².